The molecule has 1 atom stereocenters. The lowest BCUT2D eigenvalue weighted by Crippen LogP contribution is -2.42. The van der Waals surface area contributed by atoms with Gasteiger partial charge in [-0.15, -0.1) is 10.2 Å². The molecule has 5 rings (SSSR count). The van der Waals surface area contributed by atoms with Crippen molar-refractivity contribution in [2.75, 3.05) is 24.5 Å². The number of nitro benzene ring substituents is 1. The summed E-state index contributed by atoms with van der Waals surface area (Å²) in [5.41, 5.74) is 1.53. The lowest BCUT2D eigenvalue weighted by atomic mass is 9.94. The topological polar surface area (TPSA) is 96.9 Å². The molecule has 0 spiro atoms. The van der Waals surface area contributed by atoms with Gasteiger partial charge in [0.1, 0.15) is 5.69 Å². The van der Waals surface area contributed by atoms with E-state index < -0.39 is 0 Å². The first-order valence-electron chi connectivity index (χ1n) is 10.7. The van der Waals surface area contributed by atoms with Crippen molar-refractivity contribution in [2.24, 2.45) is 5.92 Å². The Hall–Kier alpha value is -3.49. The number of carbonyl (C=O) groups excluding carboxylic acids is 1. The molecule has 4 heterocycles. The molecule has 2 aromatic heterocycles. The van der Waals surface area contributed by atoms with Crippen molar-refractivity contribution in [1.82, 2.24) is 19.5 Å². The van der Waals surface area contributed by atoms with Gasteiger partial charge in [-0.25, -0.2) is 0 Å². The molecule has 9 nitrogen and oxygen atoms in total. The van der Waals surface area contributed by atoms with Crippen LogP contribution in [0.5, 0.6) is 0 Å². The Morgan fingerprint density at radius 2 is 1.77 bits per heavy atom. The van der Waals surface area contributed by atoms with E-state index in [1.807, 2.05) is 44.7 Å². The van der Waals surface area contributed by atoms with Crippen LogP contribution < -0.4 is 4.90 Å². The molecule has 31 heavy (non-hydrogen) atoms. The number of benzene rings is 1. The van der Waals surface area contributed by atoms with Gasteiger partial charge < -0.3 is 9.80 Å². The van der Waals surface area contributed by atoms with E-state index >= 15 is 0 Å². The van der Waals surface area contributed by atoms with Gasteiger partial charge in [0.25, 0.3) is 5.69 Å². The normalized spacial score (nSPS) is 19.8. The van der Waals surface area contributed by atoms with Gasteiger partial charge in [0.2, 0.25) is 5.91 Å². The molecule has 2 fully saturated rings. The Morgan fingerprint density at radius 1 is 1.00 bits per heavy atom. The number of hydrogen-bond acceptors (Lipinski definition) is 6. The molecule has 2 aliphatic heterocycles. The van der Waals surface area contributed by atoms with Gasteiger partial charge in [-0.05, 0) is 43.9 Å². The van der Waals surface area contributed by atoms with Crippen LogP contribution >= 0.6 is 0 Å². The van der Waals surface area contributed by atoms with Crippen LogP contribution in [0.15, 0.2) is 48.7 Å². The zero-order chi connectivity index (χ0) is 21.4. The van der Waals surface area contributed by atoms with Crippen molar-refractivity contribution in [3.05, 3.63) is 64.6 Å². The number of piperidine rings is 1. The summed E-state index contributed by atoms with van der Waals surface area (Å²) in [5.74, 6) is 0.912. The van der Waals surface area contributed by atoms with Gasteiger partial charge in [-0.2, -0.15) is 0 Å². The molecule has 2 aliphatic rings. The number of nitro groups is 1. The van der Waals surface area contributed by atoms with Crippen LogP contribution in [0.1, 0.15) is 37.5 Å². The highest BCUT2D eigenvalue weighted by molar-refractivity contribution is 5.80. The fraction of sp³-hybridized carbons (Fsp3) is 0.409. The predicted octanol–water partition coefficient (Wildman–Crippen LogP) is 3.22. The average molecular weight is 420 g/mol. The number of fused-ring (bicyclic) bond motifs is 1. The summed E-state index contributed by atoms with van der Waals surface area (Å²) < 4.78 is 1.97. The Kier molecular flexibility index (Phi) is 5.01. The molecule has 0 bridgehead atoms. The zero-order valence-corrected chi connectivity index (χ0v) is 17.1. The van der Waals surface area contributed by atoms with Gasteiger partial charge in [0.15, 0.2) is 11.5 Å². The largest absolute Gasteiger partial charge is 0.366 e. The van der Waals surface area contributed by atoms with Gasteiger partial charge in [0, 0.05) is 37.8 Å². The van der Waals surface area contributed by atoms with Crippen molar-refractivity contribution in [3.8, 4) is 0 Å². The molecule has 1 amide bonds. The van der Waals surface area contributed by atoms with E-state index in [-0.39, 0.29) is 28.5 Å². The molecule has 160 valence electrons. The second-order valence-electron chi connectivity index (χ2n) is 8.18. The van der Waals surface area contributed by atoms with Gasteiger partial charge in [-0.1, -0.05) is 18.2 Å². The lowest BCUT2D eigenvalue weighted by Gasteiger charge is -2.35. The zero-order valence-electron chi connectivity index (χ0n) is 17.1. The number of para-hydroxylation sites is 2. The van der Waals surface area contributed by atoms with E-state index in [1.54, 1.807) is 12.1 Å². The van der Waals surface area contributed by atoms with Crippen LogP contribution in [0.4, 0.5) is 11.4 Å². The molecule has 0 N–H and O–H groups in total. The van der Waals surface area contributed by atoms with Crippen LogP contribution in [0.3, 0.4) is 0 Å². The molecule has 1 aromatic carbocycles. The van der Waals surface area contributed by atoms with E-state index in [2.05, 4.69) is 10.2 Å². The number of likely N-dealkylation sites (tertiary alicyclic amines) is 1. The van der Waals surface area contributed by atoms with E-state index in [9.17, 15) is 14.9 Å². The molecule has 0 radical (unpaired) electrons. The van der Waals surface area contributed by atoms with Crippen molar-refractivity contribution in [2.45, 2.75) is 31.7 Å². The van der Waals surface area contributed by atoms with Crippen LogP contribution in [-0.4, -0.2) is 50.0 Å². The van der Waals surface area contributed by atoms with Crippen molar-refractivity contribution < 1.29 is 9.72 Å². The van der Waals surface area contributed by atoms with Crippen LogP contribution in [-0.2, 0) is 4.79 Å². The second kappa shape index (κ2) is 7.98. The highest BCUT2D eigenvalue weighted by Gasteiger charge is 2.38. The number of rotatable bonds is 4. The Balaban J connectivity index is 1.30. The number of nitrogens with zero attached hydrogens (tertiary/aromatic N) is 6. The van der Waals surface area contributed by atoms with E-state index in [4.69, 9.17) is 0 Å². The number of pyridine rings is 1. The number of amides is 1. The molecule has 0 saturated carbocycles. The van der Waals surface area contributed by atoms with Gasteiger partial charge in [-0.3, -0.25) is 19.3 Å². The number of hydrogen-bond donors (Lipinski definition) is 0. The first-order valence-corrected chi connectivity index (χ1v) is 10.7. The minimum atomic E-state index is -0.343. The van der Waals surface area contributed by atoms with Crippen molar-refractivity contribution >= 4 is 22.9 Å². The van der Waals surface area contributed by atoms with Crippen LogP contribution in [0.25, 0.3) is 5.65 Å². The number of carbonyl (C=O) groups is 1. The average Bonchev–Trinajstić information content (AvgIpc) is 3.45. The quantitative estimate of drug-likeness (QED) is 0.475. The smallest absolute Gasteiger partial charge is 0.292 e. The Labute approximate surface area is 179 Å². The summed E-state index contributed by atoms with van der Waals surface area (Å²) in [4.78, 5) is 28.4. The molecular weight excluding hydrogens is 396 g/mol. The predicted molar refractivity (Wildman–Crippen MR) is 115 cm³/mol. The maximum Gasteiger partial charge on any atom is 0.292 e. The third-order valence-electron chi connectivity index (χ3n) is 6.44. The standard InChI is InChI=1S/C22H24N6O3/c29-22(16-10-14-25(15-11-16)17-6-1-2-7-18(17)28(30)31)26-13-5-8-19(26)21-24-23-20-9-3-4-12-27(20)21/h1-4,6-7,9,12,16,19H,5,8,10-11,13-15H2. The first-order chi connectivity index (χ1) is 15.1. The van der Waals surface area contributed by atoms with Gasteiger partial charge >= 0.3 is 0 Å². The molecular formula is C22H24N6O3. The Morgan fingerprint density at radius 3 is 2.58 bits per heavy atom. The van der Waals surface area contributed by atoms with Gasteiger partial charge in [0.05, 0.1) is 11.0 Å². The highest BCUT2D eigenvalue weighted by atomic mass is 16.6. The number of aromatic nitrogens is 3. The summed E-state index contributed by atoms with van der Waals surface area (Å²) >= 11 is 0. The fourth-order valence-corrected chi connectivity index (χ4v) is 4.87. The molecule has 2 saturated heterocycles. The summed E-state index contributed by atoms with van der Waals surface area (Å²) in [5, 5.41) is 20.0. The van der Waals surface area contributed by atoms with Crippen molar-refractivity contribution in [3.63, 3.8) is 0 Å². The Bertz CT molecular complexity index is 1120. The molecule has 1 unspecified atom stereocenters. The first kappa shape index (κ1) is 19.5. The molecule has 0 aliphatic carbocycles. The highest BCUT2D eigenvalue weighted by Crippen LogP contribution is 2.36. The van der Waals surface area contributed by atoms with E-state index in [0.717, 1.165) is 30.9 Å². The minimum absolute atomic E-state index is 0.0573. The number of anilines is 1. The summed E-state index contributed by atoms with van der Waals surface area (Å²) in [6, 6.07) is 12.5. The summed E-state index contributed by atoms with van der Waals surface area (Å²) in [7, 11) is 0. The fourth-order valence-electron chi connectivity index (χ4n) is 4.87. The van der Waals surface area contributed by atoms with Crippen LogP contribution in [0, 0.1) is 16.0 Å². The third-order valence-corrected chi connectivity index (χ3v) is 6.44. The summed E-state index contributed by atoms with van der Waals surface area (Å²) in [6.45, 7) is 2.00. The minimum Gasteiger partial charge on any atom is -0.366 e. The third kappa shape index (κ3) is 3.49. The molecule has 3 aromatic rings. The molecule has 9 heteroatoms. The SMILES string of the molecule is O=C(C1CCN(c2ccccc2[N+](=O)[O-])CC1)N1CCCC1c1nnc2ccccn12. The maximum atomic E-state index is 13.4. The van der Waals surface area contributed by atoms with E-state index in [0.29, 0.717) is 31.6 Å². The van der Waals surface area contributed by atoms with Crippen molar-refractivity contribution in [1.29, 1.82) is 0 Å². The lowest BCUT2D eigenvalue weighted by molar-refractivity contribution is -0.384. The maximum absolute atomic E-state index is 13.4. The van der Waals surface area contributed by atoms with Crippen LogP contribution in [0.2, 0.25) is 0 Å². The second-order valence-corrected chi connectivity index (χ2v) is 8.18. The summed E-state index contributed by atoms with van der Waals surface area (Å²) in [6.07, 6.45) is 5.16. The van der Waals surface area contributed by atoms with E-state index in [1.165, 1.54) is 6.07 Å². The monoisotopic (exact) mass is 420 g/mol.